The first-order valence-corrected chi connectivity index (χ1v) is 6.71. The van der Waals surface area contributed by atoms with Crippen molar-refractivity contribution in [1.82, 2.24) is 15.1 Å². The van der Waals surface area contributed by atoms with Gasteiger partial charge in [-0.25, -0.2) is 8.78 Å². The Bertz CT molecular complexity index is 593. The molecule has 1 unspecified atom stereocenters. The summed E-state index contributed by atoms with van der Waals surface area (Å²) in [5.41, 5.74) is 1.45. The van der Waals surface area contributed by atoms with Gasteiger partial charge in [0, 0.05) is 24.4 Å². The minimum Gasteiger partial charge on any atom is -0.306 e. The summed E-state index contributed by atoms with van der Waals surface area (Å²) in [6.45, 7) is 4.30. The van der Waals surface area contributed by atoms with E-state index < -0.39 is 17.7 Å². The zero-order valence-electron chi connectivity index (χ0n) is 12.0. The molecule has 0 radical (unpaired) electrons. The van der Waals surface area contributed by atoms with Gasteiger partial charge in [-0.2, -0.15) is 5.10 Å². The van der Waals surface area contributed by atoms with Crippen molar-refractivity contribution in [3.8, 4) is 0 Å². The average Bonchev–Trinajstić information content (AvgIpc) is 2.85. The summed E-state index contributed by atoms with van der Waals surface area (Å²) < 4.78 is 29.6. The minimum atomic E-state index is -0.789. The first kappa shape index (κ1) is 14.7. The molecule has 20 heavy (non-hydrogen) atoms. The second kappa shape index (κ2) is 6.13. The van der Waals surface area contributed by atoms with E-state index in [9.17, 15) is 8.78 Å². The molecular formula is C15H19F2N3. The molecule has 2 aromatic rings. The van der Waals surface area contributed by atoms with E-state index in [0.29, 0.717) is 17.7 Å². The molecule has 0 amide bonds. The number of nitrogens with zero attached hydrogens (tertiary/aromatic N) is 2. The van der Waals surface area contributed by atoms with Crippen molar-refractivity contribution in [3.05, 3.63) is 52.9 Å². The first-order chi connectivity index (χ1) is 9.54. The van der Waals surface area contributed by atoms with E-state index in [2.05, 4.69) is 10.4 Å². The molecule has 0 fully saturated rings. The number of aromatic nitrogens is 2. The third kappa shape index (κ3) is 2.88. The summed E-state index contributed by atoms with van der Waals surface area (Å²) in [6, 6.07) is 2.84. The molecule has 3 nitrogen and oxygen atoms in total. The SMILES string of the molecule is CCCNC(c1cnn(C)c1)c1ccc(C)c(F)c1F. The van der Waals surface area contributed by atoms with E-state index in [1.807, 2.05) is 13.1 Å². The molecule has 108 valence electrons. The number of hydrogen-bond donors (Lipinski definition) is 1. The third-order valence-corrected chi connectivity index (χ3v) is 3.27. The quantitative estimate of drug-likeness (QED) is 0.911. The van der Waals surface area contributed by atoms with Crippen molar-refractivity contribution in [2.75, 3.05) is 6.54 Å². The fourth-order valence-corrected chi connectivity index (χ4v) is 2.17. The zero-order chi connectivity index (χ0) is 14.7. The number of halogens is 2. The summed E-state index contributed by atoms with van der Waals surface area (Å²) >= 11 is 0. The number of hydrogen-bond acceptors (Lipinski definition) is 2. The third-order valence-electron chi connectivity index (χ3n) is 3.27. The fraction of sp³-hybridized carbons (Fsp3) is 0.400. The van der Waals surface area contributed by atoms with Crippen molar-refractivity contribution in [3.63, 3.8) is 0 Å². The lowest BCUT2D eigenvalue weighted by molar-refractivity contribution is 0.476. The van der Waals surface area contributed by atoms with Crippen LogP contribution in [0.25, 0.3) is 0 Å². The Morgan fingerprint density at radius 3 is 2.65 bits per heavy atom. The maximum atomic E-state index is 14.2. The summed E-state index contributed by atoms with van der Waals surface area (Å²) in [5, 5.41) is 7.34. The minimum absolute atomic E-state index is 0.312. The summed E-state index contributed by atoms with van der Waals surface area (Å²) in [6.07, 6.45) is 4.39. The number of benzene rings is 1. The zero-order valence-corrected chi connectivity index (χ0v) is 12.0. The van der Waals surface area contributed by atoms with Gasteiger partial charge in [0.1, 0.15) is 0 Å². The van der Waals surface area contributed by atoms with E-state index >= 15 is 0 Å². The van der Waals surface area contributed by atoms with Gasteiger partial charge in [-0.1, -0.05) is 19.1 Å². The molecule has 1 atom stereocenters. The van der Waals surface area contributed by atoms with Gasteiger partial charge in [-0.15, -0.1) is 0 Å². The van der Waals surface area contributed by atoms with Crippen LogP contribution >= 0.6 is 0 Å². The lowest BCUT2D eigenvalue weighted by Crippen LogP contribution is -2.24. The Morgan fingerprint density at radius 2 is 2.05 bits per heavy atom. The van der Waals surface area contributed by atoms with E-state index in [1.165, 1.54) is 0 Å². The molecule has 0 saturated carbocycles. The van der Waals surface area contributed by atoms with Crippen LogP contribution in [0.1, 0.15) is 36.1 Å². The molecule has 1 heterocycles. The van der Waals surface area contributed by atoms with E-state index in [-0.39, 0.29) is 0 Å². The highest BCUT2D eigenvalue weighted by Gasteiger charge is 2.21. The van der Waals surface area contributed by atoms with Gasteiger partial charge >= 0.3 is 0 Å². The van der Waals surface area contributed by atoms with Crippen molar-refractivity contribution >= 4 is 0 Å². The highest BCUT2D eigenvalue weighted by Crippen LogP contribution is 2.26. The maximum Gasteiger partial charge on any atom is 0.164 e. The van der Waals surface area contributed by atoms with Crippen molar-refractivity contribution in [2.24, 2.45) is 7.05 Å². The fourth-order valence-electron chi connectivity index (χ4n) is 2.17. The van der Waals surface area contributed by atoms with Crippen molar-refractivity contribution in [1.29, 1.82) is 0 Å². The Hall–Kier alpha value is -1.75. The summed E-state index contributed by atoms with van der Waals surface area (Å²) in [5.74, 6) is -1.57. The topological polar surface area (TPSA) is 29.9 Å². The van der Waals surface area contributed by atoms with Gasteiger partial charge in [-0.3, -0.25) is 4.68 Å². The molecule has 2 rings (SSSR count). The predicted octanol–water partition coefficient (Wildman–Crippen LogP) is 3.10. The molecule has 0 spiro atoms. The highest BCUT2D eigenvalue weighted by molar-refractivity contribution is 5.33. The van der Waals surface area contributed by atoms with E-state index in [1.54, 1.807) is 37.0 Å². The maximum absolute atomic E-state index is 14.2. The largest absolute Gasteiger partial charge is 0.306 e. The molecule has 1 aromatic heterocycles. The average molecular weight is 279 g/mol. The Kier molecular flexibility index (Phi) is 4.49. The van der Waals surface area contributed by atoms with Crippen LogP contribution in [0, 0.1) is 18.6 Å². The molecular weight excluding hydrogens is 260 g/mol. The second-order valence-corrected chi connectivity index (χ2v) is 4.93. The van der Waals surface area contributed by atoms with Crippen LogP contribution in [0.3, 0.4) is 0 Å². The van der Waals surface area contributed by atoms with Crippen LogP contribution in [-0.4, -0.2) is 16.3 Å². The van der Waals surface area contributed by atoms with Gasteiger partial charge in [0.05, 0.1) is 12.2 Å². The molecule has 1 N–H and O–H groups in total. The molecule has 0 saturated heterocycles. The molecule has 0 aliphatic carbocycles. The Balaban J connectivity index is 2.43. The van der Waals surface area contributed by atoms with Gasteiger partial charge < -0.3 is 5.32 Å². The number of aryl methyl sites for hydroxylation is 2. The van der Waals surface area contributed by atoms with Gasteiger partial charge in [0.25, 0.3) is 0 Å². The summed E-state index contributed by atoms with van der Waals surface area (Å²) in [7, 11) is 1.80. The molecule has 0 aliphatic heterocycles. The first-order valence-electron chi connectivity index (χ1n) is 6.71. The Morgan fingerprint density at radius 1 is 1.30 bits per heavy atom. The van der Waals surface area contributed by atoms with Crippen LogP contribution in [-0.2, 0) is 7.05 Å². The number of rotatable bonds is 5. The molecule has 0 bridgehead atoms. The van der Waals surface area contributed by atoms with Crippen LogP contribution < -0.4 is 5.32 Å². The number of nitrogens with one attached hydrogen (secondary N) is 1. The highest BCUT2D eigenvalue weighted by atomic mass is 19.2. The smallest absolute Gasteiger partial charge is 0.164 e. The monoisotopic (exact) mass is 279 g/mol. The van der Waals surface area contributed by atoms with Crippen molar-refractivity contribution in [2.45, 2.75) is 26.3 Å². The summed E-state index contributed by atoms with van der Waals surface area (Å²) in [4.78, 5) is 0. The van der Waals surface area contributed by atoms with E-state index in [4.69, 9.17) is 0 Å². The second-order valence-electron chi connectivity index (χ2n) is 4.93. The lowest BCUT2D eigenvalue weighted by Gasteiger charge is -2.19. The standard InChI is InChI=1S/C15H19F2N3/c1-4-7-18-15(11-8-19-20(3)9-11)12-6-5-10(2)13(16)14(12)17/h5-6,8-9,15,18H,4,7H2,1-3H3. The molecule has 5 heteroatoms. The van der Waals surface area contributed by atoms with Crippen LogP contribution in [0.5, 0.6) is 0 Å². The lowest BCUT2D eigenvalue weighted by atomic mass is 9.99. The Labute approximate surface area is 117 Å². The van der Waals surface area contributed by atoms with Crippen molar-refractivity contribution < 1.29 is 8.78 Å². The molecule has 1 aromatic carbocycles. The van der Waals surface area contributed by atoms with Crippen LogP contribution in [0.2, 0.25) is 0 Å². The van der Waals surface area contributed by atoms with E-state index in [0.717, 1.165) is 12.0 Å². The van der Waals surface area contributed by atoms with Gasteiger partial charge in [0.15, 0.2) is 11.6 Å². The van der Waals surface area contributed by atoms with Gasteiger partial charge in [0.2, 0.25) is 0 Å². The normalized spacial score (nSPS) is 12.7. The van der Waals surface area contributed by atoms with Crippen LogP contribution in [0.4, 0.5) is 8.78 Å². The van der Waals surface area contributed by atoms with Gasteiger partial charge in [-0.05, 0) is 25.5 Å². The predicted molar refractivity (Wildman–Crippen MR) is 74.4 cm³/mol. The molecule has 0 aliphatic rings. The van der Waals surface area contributed by atoms with Crippen LogP contribution in [0.15, 0.2) is 24.5 Å².